The van der Waals surface area contributed by atoms with Crippen molar-refractivity contribution in [1.29, 1.82) is 0 Å². The number of aromatic hydroxyl groups is 1. The van der Waals surface area contributed by atoms with E-state index in [1.54, 1.807) is 6.07 Å². The van der Waals surface area contributed by atoms with E-state index >= 15 is 0 Å². The molecular weight excluding hydrogens is 332 g/mol. The number of fused-ring (bicyclic) bond motifs is 1. The predicted molar refractivity (Wildman–Crippen MR) is 113 cm³/mol. The van der Waals surface area contributed by atoms with Crippen LogP contribution in [0.4, 0.5) is 0 Å². The van der Waals surface area contributed by atoms with Crippen molar-refractivity contribution >= 4 is 0 Å². The topological polar surface area (TPSA) is 35.5 Å². The highest BCUT2D eigenvalue weighted by Gasteiger charge is 2.37. The second-order valence-electron chi connectivity index (χ2n) is 7.82. The van der Waals surface area contributed by atoms with Gasteiger partial charge in [-0.05, 0) is 47.9 Å². The Bertz CT molecular complexity index is 703. The zero-order chi connectivity index (χ0) is 19.2. The second kappa shape index (κ2) is 9.38. The van der Waals surface area contributed by atoms with E-state index in [4.69, 9.17) is 0 Å². The number of piperazine rings is 1. The van der Waals surface area contributed by atoms with Gasteiger partial charge in [0.15, 0.2) is 0 Å². The Morgan fingerprint density at radius 3 is 2.56 bits per heavy atom. The van der Waals surface area contributed by atoms with Crippen LogP contribution in [-0.2, 0) is 6.42 Å². The molecule has 1 unspecified atom stereocenters. The van der Waals surface area contributed by atoms with Gasteiger partial charge < -0.3 is 10.4 Å². The monoisotopic (exact) mass is 366 g/mol. The minimum Gasteiger partial charge on any atom is -0.508 e. The van der Waals surface area contributed by atoms with Crippen LogP contribution in [0.25, 0.3) is 0 Å². The van der Waals surface area contributed by atoms with Gasteiger partial charge in [-0.15, -0.1) is 0 Å². The molecule has 2 aromatic rings. The van der Waals surface area contributed by atoms with Gasteiger partial charge in [0, 0.05) is 31.7 Å². The molecule has 0 aliphatic carbocycles. The lowest BCUT2D eigenvalue weighted by Crippen LogP contribution is -2.60. The highest BCUT2D eigenvalue weighted by atomic mass is 16.3. The molecule has 2 N–H and O–H groups in total. The van der Waals surface area contributed by atoms with E-state index in [0.717, 1.165) is 26.1 Å². The summed E-state index contributed by atoms with van der Waals surface area (Å²) in [5.41, 5.74) is 2.71. The van der Waals surface area contributed by atoms with Gasteiger partial charge in [-0.25, -0.2) is 0 Å². The summed E-state index contributed by atoms with van der Waals surface area (Å²) in [5.74, 6) is 1.55. The number of nitrogens with one attached hydrogen (secondary N) is 1. The molecule has 2 aliphatic heterocycles. The average Bonchev–Trinajstić information content (AvgIpc) is 2.70. The molecule has 3 nitrogen and oxygen atoms in total. The van der Waals surface area contributed by atoms with Crippen molar-refractivity contribution in [1.82, 2.24) is 10.2 Å². The molecule has 27 heavy (non-hydrogen) atoms. The number of benzene rings is 2. The van der Waals surface area contributed by atoms with Crippen LogP contribution in [0.5, 0.6) is 5.75 Å². The van der Waals surface area contributed by atoms with Crippen molar-refractivity contribution in [3.05, 3.63) is 65.7 Å². The maximum absolute atomic E-state index is 9.81. The first-order valence-corrected chi connectivity index (χ1v) is 10.5. The molecule has 2 aliphatic rings. The van der Waals surface area contributed by atoms with Crippen LogP contribution < -0.4 is 5.32 Å². The van der Waals surface area contributed by atoms with Gasteiger partial charge in [0.2, 0.25) is 0 Å². The van der Waals surface area contributed by atoms with Crippen molar-refractivity contribution in [2.24, 2.45) is 5.92 Å². The first-order chi connectivity index (χ1) is 13.2. The molecule has 2 aromatic carbocycles. The number of phenols is 1. The Morgan fingerprint density at radius 2 is 1.81 bits per heavy atom. The van der Waals surface area contributed by atoms with Gasteiger partial charge in [0.25, 0.3) is 0 Å². The number of rotatable bonds is 3. The van der Waals surface area contributed by atoms with Gasteiger partial charge >= 0.3 is 0 Å². The molecule has 2 heterocycles. The molecule has 4 rings (SSSR count). The molecule has 4 atom stereocenters. The van der Waals surface area contributed by atoms with Crippen LogP contribution >= 0.6 is 0 Å². The standard InChI is InChI=1S/C22H28N2O.C2H6/c1-16-14-24-15-19(10-17-6-3-2-4-7-17)23-13-20(24)12-22(16)18-8-5-9-21(25)11-18;1-2/h2-9,11,16,19-20,22-23,25H,10,12-15H2,1H3;1-2H3/t16-,19+,20+,22?;/m0./s1. The van der Waals surface area contributed by atoms with E-state index in [9.17, 15) is 5.11 Å². The van der Waals surface area contributed by atoms with Crippen LogP contribution in [0.3, 0.4) is 0 Å². The van der Waals surface area contributed by atoms with Crippen LogP contribution in [0.1, 0.15) is 44.2 Å². The Labute approximate surface area is 164 Å². The Balaban J connectivity index is 0.00000102. The molecule has 3 heteroatoms. The molecular formula is C24H34N2O. The highest BCUT2D eigenvalue weighted by Crippen LogP contribution is 2.37. The van der Waals surface area contributed by atoms with Crippen LogP contribution in [-0.4, -0.2) is 41.7 Å². The van der Waals surface area contributed by atoms with E-state index in [-0.39, 0.29) is 0 Å². The van der Waals surface area contributed by atoms with E-state index in [1.165, 1.54) is 17.5 Å². The van der Waals surface area contributed by atoms with Crippen molar-refractivity contribution in [2.75, 3.05) is 19.6 Å². The smallest absolute Gasteiger partial charge is 0.115 e. The fourth-order valence-corrected chi connectivity index (χ4v) is 4.66. The molecule has 0 saturated carbocycles. The molecule has 146 valence electrons. The Hall–Kier alpha value is -1.84. The number of hydrogen-bond donors (Lipinski definition) is 2. The summed E-state index contributed by atoms with van der Waals surface area (Å²) in [7, 11) is 0. The van der Waals surface area contributed by atoms with Crippen molar-refractivity contribution in [2.45, 2.75) is 51.6 Å². The normalized spacial score (nSPS) is 28.0. The van der Waals surface area contributed by atoms with Crippen LogP contribution in [0.2, 0.25) is 0 Å². The lowest BCUT2D eigenvalue weighted by atomic mass is 9.77. The largest absolute Gasteiger partial charge is 0.508 e. The summed E-state index contributed by atoms with van der Waals surface area (Å²) in [4.78, 5) is 2.69. The maximum atomic E-state index is 9.81. The Morgan fingerprint density at radius 1 is 1.04 bits per heavy atom. The molecule has 0 amide bonds. The fourth-order valence-electron chi connectivity index (χ4n) is 4.66. The van der Waals surface area contributed by atoms with Gasteiger partial charge in [0.05, 0.1) is 0 Å². The summed E-state index contributed by atoms with van der Waals surface area (Å²) >= 11 is 0. The molecule has 0 aromatic heterocycles. The van der Waals surface area contributed by atoms with Crippen LogP contribution in [0, 0.1) is 5.92 Å². The van der Waals surface area contributed by atoms with Crippen molar-refractivity contribution in [3.63, 3.8) is 0 Å². The number of phenolic OH excluding ortho intramolecular Hbond substituents is 1. The molecule has 0 spiro atoms. The Kier molecular flexibility index (Phi) is 6.92. The van der Waals surface area contributed by atoms with Gasteiger partial charge in [-0.2, -0.15) is 0 Å². The molecule has 2 fully saturated rings. The lowest BCUT2D eigenvalue weighted by Gasteiger charge is -2.48. The first kappa shape index (κ1) is 19.9. The van der Waals surface area contributed by atoms with Gasteiger partial charge in [0.1, 0.15) is 5.75 Å². The molecule has 0 radical (unpaired) electrons. The summed E-state index contributed by atoms with van der Waals surface area (Å²) in [6.07, 6.45) is 2.28. The third kappa shape index (κ3) is 4.91. The minimum absolute atomic E-state index is 0.386. The van der Waals surface area contributed by atoms with E-state index in [2.05, 4.69) is 53.5 Å². The number of hydrogen-bond acceptors (Lipinski definition) is 3. The maximum Gasteiger partial charge on any atom is 0.115 e. The first-order valence-electron chi connectivity index (χ1n) is 10.5. The fraction of sp³-hybridized carbons (Fsp3) is 0.500. The minimum atomic E-state index is 0.386. The van der Waals surface area contributed by atoms with Gasteiger partial charge in [-0.1, -0.05) is 63.2 Å². The molecule has 2 saturated heterocycles. The molecule has 0 bridgehead atoms. The number of piperidine rings is 1. The summed E-state index contributed by atoms with van der Waals surface area (Å²) in [6, 6.07) is 19.8. The quantitative estimate of drug-likeness (QED) is 0.844. The zero-order valence-corrected chi connectivity index (χ0v) is 16.9. The highest BCUT2D eigenvalue weighted by molar-refractivity contribution is 5.31. The second-order valence-corrected chi connectivity index (χ2v) is 7.82. The lowest BCUT2D eigenvalue weighted by molar-refractivity contribution is 0.0571. The summed E-state index contributed by atoms with van der Waals surface area (Å²) in [5, 5.41) is 13.6. The van der Waals surface area contributed by atoms with Crippen molar-refractivity contribution in [3.8, 4) is 5.75 Å². The average molecular weight is 367 g/mol. The van der Waals surface area contributed by atoms with Gasteiger partial charge in [-0.3, -0.25) is 4.90 Å². The SMILES string of the molecule is CC.C[C@H]1CN2C[C@@H](Cc3ccccc3)NC[C@H]2CC1c1cccc(O)c1. The summed E-state index contributed by atoms with van der Waals surface area (Å²) < 4.78 is 0. The number of nitrogens with zero attached hydrogens (tertiary/aromatic N) is 1. The van der Waals surface area contributed by atoms with Crippen molar-refractivity contribution < 1.29 is 5.11 Å². The summed E-state index contributed by atoms with van der Waals surface area (Å²) in [6.45, 7) is 9.72. The predicted octanol–water partition coefficient (Wildman–Crippen LogP) is 4.43. The zero-order valence-electron chi connectivity index (χ0n) is 16.9. The van der Waals surface area contributed by atoms with Crippen LogP contribution in [0.15, 0.2) is 54.6 Å². The van der Waals surface area contributed by atoms with E-state index in [1.807, 2.05) is 26.0 Å². The van der Waals surface area contributed by atoms with E-state index < -0.39 is 0 Å². The van der Waals surface area contributed by atoms with E-state index in [0.29, 0.717) is 29.7 Å². The third-order valence-electron chi connectivity index (χ3n) is 5.97. The third-order valence-corrected chi connectivity index (χ3v) is 5.97.